The Balaban J connectivity index is 1.59. The summed E-state index contributed by atoms with van der Waals surface area (Å²) in [7, 11) is 0. The van der Waals surface area contributed by atoms with Gasteiger partial charge >= 0.3 is 0 Å². The largest absolute Gasteiger partial charge is 0.368 e. The van der Waals surface area contributed by atoms with E-state index >= 15 is 0 Å². The zero-order valence-corrected chi connectivity index (χ0v) is 14.1. The second-order valence-electron chi connectivity index (χ2n) is 6.02. The number of hydrogen-bond donors (Lipinski definition) is 2. The molecule has 3 aromatic heterocycles. The third kappa shape index (κ3) is 2.62. The lowest BCUT2D eigenvalue weighted by molar-refractivity contribution is 0.0932. The molecular weight excluding hydrogens is 324 g/mol. The summed E-state index contributed by atoms with van der Waals surface area (Å²) in [6.07, 6.45) is 7.69. The zero-order valence-electron chi connectivity index (χ0n) is 13.3. The van der Waals surface area contributed by atoms with E-state index < -0.39 is 0 Å². The predicted molar refractivity (Wildman–Crippen MR) is 92.0 cm³/mol. The molecule has 0 saturated heterocycles. The Labute approximate surface area is 143 Å². The minimum atomic E-state index is -0.217. The first-order chi connectivity index (χ1) is 11.6. The Bertz CT molecular complexity index is 886. The van der Waals surface area contributed by atoms with Crippen LogP contribution < -0.4 is 11.1 Å². The quantitative estimate of drug-likeness (QED) is 0.760. The Morgan fingerprint density at radius 3 is 3.00 bits per heavy atom. The fourth-order valence-electron chi connectivity index (χ4n) is 3.09. The summed E-state index contributed by atoms with van der Waals surface area (Å²) in [5, 5.41) is 4.96. The minimum absolute atomic E-state index is 0.163. The van der Waals surface area contributed by atoms with Crippen LogP contribution in [-0.2, 0) is 12.8 Å². The highest BCUT2D eigenvalue weighted by molar-refractivity contribution is 7.15. The van der Waals surface area contributed by atoms with Crippen LogP contribution in [-0.4, -0.2) is 25.3 Å². The van der Waals surface area contributed by atoms with Crippen molar-refractivity contribution in [3.63, 3.8) is 0 Å². The van der Waals surface area contributed by atoms with Gasteiger partial charge in [0.05, 0.1) is 11.7 Å². The monoisotopic (exact) mass is 342 g/mol. The van der Waals surface area contributed by atoms with Crippen LogP contribution in [0, 0.1) is 0 Å². The molecule has 24 heavy (non-hydrogen) atoms. The number of carbonyl (C=O) groups is 1. The predicted octanol–water partition coefficient (Wildman–Crippen LogP) is 2.14. The van der Waals surface area contributed by atoms with Crippen molar-refractivity contribution in [3.05, 3.63) is 40.4 Å². The van der Waals surface area contributed by atoms with E-state index in [1.807, 2.05) is 29.1 Å². The molecule has 1 unspecified atom stereocenters. The van der Waals surface area contributed by atoms with Gasteiger partial charge in [-0.15, -0.1) is 11.3 Å². The highest BCUT2D eigenvalue weighted by Gasteiger charge is 2.23. The molecule has 0 spiro atoms. The van der Waals surface area contributed by atoms with Gasteiger partial charge in [0.25, 0.3) is 5.91 Å². The van der Waals surface area contributed by atoms with Gasteiger partial charge in [0.1, 0.15) is 5.69 Å². The average Bonchev–Trinajstić information content (AvgIpc) is 3.15. The molecule has 0 aromatic carbocycles. The number of nitrogen functional groups attached to an aromatic ring is 1. The van der Waals surface area contributed by atoms with Crippen molar-refractivity contribution in [1.29, 1.82) is 0 Å². The lowest BCUT2D eigenvalue weighted by atomic mass is 9.94. The number of thiazole rings is 1. The van der Waals surface area contributed by atoms with Crippen LogP contribution in [0.5, 0.6) is 0 Å². The summed E-state index contributed by atoms with van der Waals surface area (Å²) in [5.74, 6) is -0.0536. The maximum Gasteiger partial charge on any atom is 0.270 e. The van der Waals surface area contributed by atoms with E-state index in [-0.39, 0.29) is 17.9 Å². The number of imidazole rings is 1. The van der Waals surface area contributed by atoms with Crippen molar-refractivity contribution in [2.24, 2.45) is 0 Å². The smallest absolute Gasteiger partial charge is 0.270 e. The minimum Gasteiger partial charge on any atom is -0.368 e. The molecule has 3 aromatic rings. The highest BCUT2D eigenvalue weighted by Crippen LogP contribution is 2.24. The number of nitrogens with one attached hydrogen (secondary N) is 1. The van der Waals surface area contributed by atoms with Crippen molar-refractivity contribution >= 4 is 28.2 Å². The van der Waals surface area contributed by atoms with Crippen LogP contribution in [0.15, 0.2) is 17.8 Å². The van der Waals surface area contributed by atoms with Gasteiger partial charge in [0.2, 0.25) is 5.95 Å². The third-order valence-electron chi connectivity index (χ3n) is 4.32. The molecule has 124 valence electrons. The first-order valence-corrected chi connectivity index (χ1v) is 8.88. The van der Waals surface area contributed by atoms with Gasteiger partial charge < -0.3 is 11.1 Å². The van der Waals surface area contributed by atoms with Crippen molar-refractivity contribution in [3.8, 4) is 0 Å². The van der Waals surface area contributed by atoms with Crippen LogP contribution in [0.2, 0.25) is 0 Å². The van der Waals surface area contributed by atoms with Gasteiger partial charge in [0, 0.05) is 29.0 Å². The molecule has 4 rings (SSSR count). The number of fused-ring (bicyclic) bond motifs is 2. The Kier molecular flexibility index (Phi) is 3.68. The molecule has 0 aliphatic heterocycles. The van der Waals surface area contributed by atoms with Crippen LogP contribution in [0.25, 0.3) is 4.96 Å². The Morgan fingerprint density at radius 2 is 2.17 bits per heavy atom. The van der Waals surface area contributed by atoms with Gasteiger partial charge in [0.15, 0.2) is 4.96 Å². The number of nitrogens with two attached hydrogens (primary N) is 1. The zero-order chi connectivity index (χ0) is 16.7. The van der Waals surface area contributed by atoms with Crippen LogP contribution >= 0.6 is 11.3 Å². The van der Waals surface area contributed by atoms with E-state index in [0.29, 0.717) is 5.69 Å². The van der Waals surface area contributed by atoms with Gasteiger partial charge in [-0.2, -0.15) is 0 Å². The summed E-state index contributed by atoms with van der Waals surface area (Å²) in [6.45, 7) is 1.92. The van der Waals surface area contributed by atoms with Gasteiger partial charge in [-0.3, -0.25) is 9.20 Å². The molecule has 1 aliphatic rings. The fraction of sp³-hybridized carbons (Fsp3) is 0.375. The molecule has 7 nitrogen and oxygen atoms in total. The summed E-state index contributed by atoms with van der Waals surface area (Å²) < 4.78 is 1.95. The lowest BCUT2D eigenvalue weighted by Gasteiger charge is -2.19. The molecule has 0 saturated carbocycles. The SMILES string of the molecule is CC(NC(=O)c1nc(N)nc2c1CCCC2)c1cn2ccsc2n1. The maximum atomic E-state index is 12.7. The van der Waals surface area contributed by atoms with Crippen molar-refractivity contribution in [2.45, 2.75) is 38.6 Å². The second kappa shape index (κ2) is 5.86. The molecule has 3 N–H and O–H groups in total. The van der Waals surface area contributed by atoms with Crippen LogP contribution in [0.3, 0.4) is 0 Å². The molecule has 0 bridgehead atoms. The molecule has 0 radical (unpaired) electrons. The molecule has 8 heteroatoms. The topological polar surface area (TPSA) is 98.2 Å². The van der Waals surface area contributed by atoms with E-state index in [9.17, 15) is 4.79 Å². The number of nitrogens with zero attached hydrogens (tertiary/aromatic N) is 4. The van der Waals surface area contributed by atoms with E-state index in [0.717, 1.165) is 47.6 Å². The van der Waals surface area contributed by atoms with E-state index in [1.54, 1.807) is 11.3 Å². The first-order valence-electron chi connectivity index (χ1n) is 8.00. The Hall–Kier alpha value is -2.48. The highest BCUT2D eigenvalue weighted by atomic mass is 32.1. The van der Waals surface area contributed by atoms with E-state index in [2.05, 4.69) is 20.3 Å². The number of anilines is 1. The summed E-state index contributed by atoms with van der Waals surface area (Å²) in [6, 6.07) is -0.208. The fourth-order valence-corrected chi connectivity index (χ4v) is 3.80. The Morgan fingerprint density at radius 1 is 1.33 bits per heavy atom. The van der Waals surface area contributed by atoms with E-state index in [1.165, 1.54) is 0 Å². The number of amides is 1. The van der Waals surface area contributed by atoms with Gasteiger partial charge in [-0.05, 0) is 32.6 Å². The third-order valence-corrected chi connectivity index (χ3v) is 5.09. The average molecular weight is 342 g/mol. The molecule has 3 heterocycles. The van der Waals surface area contributed by atoms with Crippen molar-refractivity contribution in [2.75, 3.05) is 5.73 Å². The summed E-state index contributed by atoms with van der Waals surface area (Å²) in [5.41, 5.74) is 8.86. The maximum absolute atomic E-state index is 12.7. The second-order valence-corrected chi connectivity index (χ2v) is 6.89. The van der Waals surface area contributed by atoms with Crippen molar-refractivity contribution in [1.82, 2.24) is 24.7 Å². The summed E-state index contributed by atoms with van der Waals surface area (Å²) in [4.78, 5) is 26.6. The summed E-state index contributed by atoms with van der Waals surface area (Å²) >= 11 is 1.56. The molecule has 1 amide bonds. The van der Waals surface area contributed by atoms with Crippen molar-refractivity contribution < 1.29 is 4.79 Å². The van der Waals surface area contributed by atoms with E-state index in [4.69, 9.17) is 5.73 Å². The molecule has 1 aliphatic carbocycles. The molecular formula is C16H18N6OS. The number of aryl methyl sites for hydroxylation is 1. The van der Waals surface area contributed by atoms with Gasteiger partial charge in [-0.25, -0.2) is 15.0 Å². The number of carbonyl (C=O) groups excluding carboxylic acids is 1. The normalized spacial score (nSPS) is 15.2. The van der Waals surface area contributed by atoms with Gasteiger partial charge in [-0.1, -0.05) is 0 Å². The molecule has 0 fully saturated rings. The number of hydrogen-bond acceptors (Lipinski definition) is 6. The first kappa shape index (κ1) is 15.1. The number of aromatic nitrogens is 4. The number of rotatable bonds is 3. The lowest BCUT2D eigenvalue weighted by Crippen LogP contribution is -2.30. The standard InChI is InChI=1S/C16H18N6OS/c1-9(12-8-22-6-7-24-16(22)20-12)18-14(23)13-10-4-2-3-5-11(10)19-15(17)21-13/h6-9H,2-5H2,1H3,(H,18,23)(H2,17,19,21). The van der Waals surface area contributed by atoms with Crippen LogP contribution in [0.1, 0.15) is 53.2 Å². The molecule has 1 atom stereocenters. The van der Waals surface area contributed by atoms with Crippen LogP contribution in [0.4, 0.5) is 5.95 Å².